The number of aryl methyl sites for hydroxylation is 2. The van der Waals surface area contributed by atoms with E-state index in [4.69, 9.17) is 0 Å². The van der Waals surface area contributed by atoms with Gasteiger partial charge in [-0.2, -0.15) is 0 Å². The predicted molar refractivity (Wildman–Crippen MR) is 110 cm³/mol. The van der Waals surface area contributed by atoms with Crippen molar-refractivity contribution >= 4 is 22.4 Å². The van der Waals surface area contributed by atoms with Crippen molar-refractivity contribution in [2.24, 2.45) is 0 Å². The molecule has 0 unspecified atom stereocenters. The summed E-state index contributed by atoms with van der Waals surface area (Å²) in [7, 11) is 0. The Morgan fingerprint density at radius 2 is 1.81 bits per heavy atom. The van der Waals surface area contributed by atoms with Gasteiger partial charge in [0.1, 0.15) is 0 Å². The zero-order valence-corrected chi connectivity index (χ0v) is 15.5. The van der Waals surface area contributed by atoms with Crippen molar-refractivity contribution in [2.75, 3.05) is 13.1 Å². The quantitative estimate of drug-likeness (QED) is 0.691. The van der Waals surface area contributed by atoms with Gasteiger partial charge in [0.15, 0.2) is 0 Å². The largest absolute Gasteiger partial charge is 0.358 e. The molecule has 0 radical (unpaired) electrons. The van der Waals surface area contributed by atoms with Gasteiger partial charge in [-0.25, -0.2) is 0 Å². The van der Waals surface area contributed by atoms with E-state index in [0.29, 0.717) is 6.54 Å². The zero-order valence-electron chi connectivity index (χ0n) is 15.5. The first-order valence-corrected chi connectivity index (χ1v) is 9.97. The lowest BCUT2D eigenvalue weighted by Gasteiger charge is -2.27. The molecule has 0 saturated carbocycles. The number of aromatic amines is 1. The first kappa shape index (κ1) is 16.4. The molecule has 2 heterocycles. The second-order valence-electron chi connectivity index (χ2n) is 7.65. The highest BCUT2D eigenvalue weighted by atomic mass is 16.2. The lowest BCUT2D eigenvalue weighted by atomic mass is 9.95. The number of amides is 1. The lowest BCUT2D eigenvalue weighted by Crippen LogP contribution is -2.34. The van der Waals surface area contributed by atoms with Crippen LogP contribution in [-0.2, 0) is 12.8 Å². The molecule has 3 aromatic rings. The van der Waals surface area contributed by atoms with Crippen LogP contribution in [0.15, 0.2) is 54.6 Å². The lowest BCUT2D eigenvalue weighted by molar-refractivity contribution is 0.0773. The fourth-order valence-corrected chi connectivity index (χ4v) is 4.49. The Morgan fingerprint density at radius 1 is 0.963 bits per heavy atom. The predicted octanol–water partition coefficient (Wildman–Crippen LogP) is 4.98. The van der Waals surface area contributed by atoms with E-state index >= 15 is 0 Å². The van der Waals surface area contributed by atoms with Crippen LogP contribution in [0.2, 0.25) is 0 Å². The van der Waals surface area contributed by atoms with Crippen molar-refractivity contribution in [3.63, 3.8) is 0 Å². The number of nitrogens with zero attached hydrogens (tertiary/aromatic N) is 1. The van der Waals surface area contributed by atoms with Gasteiger partial charge in [0.2, 0.25) is 0 Å². The van der Waals surface area contributed by atoms with Crippen molar-refractivity contribution in [2.45, 2.75) is 32.1 Å². The fraction of sp³-hybridized carbons (Fsp3) is 0.292. The third kappa shape index (κ3) is 2.97. The number of nitrogens with one attached hydrogen (secondary N) is 1. The summed E-state index contributed by atoms with van der Waals surface area (Å²) in [6.07, 6.45) is 7.88. The van der Waals surface area contributed by atoms with Crippen molar-refractivity contribution in [3.05, 3.63) is 77.0 Å². The van der Waals surface area contributed by atoms with Gasteiger partial charge >= 0.3 is 0 Å². The van der Waals surface area contributed by atoms with Gasteiger partial charge in [0, 0.05) is 35.2 Å². The van der Waals surface area contributed by atoms with Crippen LogP contribution in [0, 0.1) is 0 Å². The summed E-state index contributed by atoms with van der Waals surface area (Å²) in [6, 6.07) is 16.6. The number of aromatic nitrogens is 1. The molecule has 5 rings (SSSR count). The van der Waals surface area contributed by atoms with E-state index in [1.807, 2.05) is 17.0 Å². The topological polar surface area (TPSA) is 36.1 Å². The molecule has 0 fully saturated rings. The molecule has 0 bridgehead atoms. The monoisotopic (exact) mass is 356 g/mol. The third-order valence-corrected chi connectivity index (χ3v) is 5.99. The third-order valence-electron chi connectivity index (χ3n) is 5.99. The zero-order chi connectivity index (χ0) is 18.2. The van der Waals surface area contributed by atoms with E-state index < -0.39 is 0 Å². The summed E-state index contributed by atoms with van der Waals surface area (Å²) < 4.78 is 0. The number of carbonyl (C=O) groups is 1. The van der Waals surface area contributed by atoms with Crippen LogP contribution >= 0.6 is 0 Å². The number of hydrogen-bond acceptors (Lipinski definition) is 1. The molecule has 2 aromatic carbocycles. The average Bonchev–Trinajstić information content (AvgIpc) is 3.12. The number of carbonyl (C=O) groups excluding carboxylic acids is 1. The summed E-state index contributed by atoms with van der Waals surface area (Å²) in [4.78, 5) is 18.6. The van der Waals surface area contributed by atoms with Crippen molar-refractivity contribution in [1.82, 2.24) is 9.88 Å². The number of H-pyrrole nitrogens is 1. The molecule has 0 spiro atoms. The van der Waals surface area contributed by atoms with Crippen LogP contribution in [0.5, 0.6) is 0 Å². The van der Waals surface area contributed by atoms with Gasteiger partial charge in [-0.05, 0) is 67.0 Å². The van der Waals surface area contributed by atoms with E-state index in [0.717, 1.165) is 31.4 Å². The fourth-order valence-electron chi connectivity index (χ4n) is 4.49. The van der Waals surface area contributed by atoms with Crippen LogP contribution in [0.1, 0.15) is 46.4 Å². The van der Waals surface area contributed by atoms with E-state index in [1.54, 1.807) is 0 Å². The molecular formula is C24H24N2O. The molecular weight excluding hydrogens is 332 g/mol. The number of rotatable bonds is 2. The Hall–Kier alpha value is -2.81. The van der Waals surface area contributed by atoms with Crippen molar-refractivity contribution < 1.29 is 4.79 Å². The number of fused-ring (bicyclic) bond motifs is 3. The Kier molecular flexibility index (Phi) is 4.08. The van der Waals surface area contributed by atoms with Gasteiger partial charge in [0.05, 0.1) is 0 Å². The van der Waals surface area contributed by atoms with Crippen LogP contribution in [0.3, 0.4) is 0 Å². The average molecular weight is 356 g/mol. The van der Waals surface area contributed by atoms with Crippen LogP contribution in [-0.4, -0.2) is 28.9 Å². The van der Waals surface area contributed by atoms with E-state index in [9.17, 15) is 4.79 Å². The van der Waals surface area contributed by atoms with E-state index in [1.165, 1.54) is 46.1 Å². The molecule has 3 heteroatoms. The Morgan fingerprint density at radius 3 is 2.63 bits per heavy atom. The van der Waals surface area contributed by atoms with Gasteiger partial charge in [-0.3, -0.25) is 4.79 Å². The first-order valence-electron chi connectivity index (χ1n) is 9.97. The van der Waals surface area contributed by atoms with Gasteiger partial charge in [-0.15, -0.1) is 0 Å². The van der Waals surface area contributed by atoms with Crippen molar-refractivity contribution in [1.29, 1.82) is 0 Å². The minimum atomic E-state index is 0.144. The smallest absolute Gasteiger partial charge is 0.254 e. The first-order chi connectivity index (χ1) is 13.3. The molecule has 2 aliphatic rings. The minimum Gasteiger partial charge on any atom is -0.358 e. The highest BCUT2D eigenvalue weighted by Crippen LogP contribution is 2.30. The molecule has 1 amide bonds. The van der Waals surface area contributed by atoms with E-state index in [-0.39, 0.29) is 5.91 Å². The highest BCUT2D eigenvalue weighted by Gasteiger charge is 2.21. The van der Waals surface area contributed by atoms with Crippen LogP contribution in [0.25, 0.3) is 16.5 Å². The maximum Gasteiger partial charge on any atom is 0.254 e. The summed E-state index contributed by atoms with van der Waals surface area (Å²) >= 11 is 0. The molecule has 1 aromatic heterocycles. The molecule has 0 saturated heterocycles. The van der Waals surface area contributed by atoms with Gasteiger partial charge in [-0.1, -0.05) is 36.4 Å². The standard InChI is InChI=1S/C24H24N2O/c27-24(26-14-12-18(13-15-26)17-6-2-1-3-7-17)19-10-11-23-21(16-19)20-8-4-5-9-22(20)25-23/h1-3,6-7,10-12,16,25H,4-5,8-9,13-15H2. The molecule has 27 heavy (non-hydrogen) atoms. The van der Waals surface area contributed by atoms with E-state index in [2.05, 4.69) is 47.5 Å². The number of benzene rings is 2. The summed E-state index contributed by atoms with van der Waals surface area (Å²) in [6.45, 7) is 1.47. The van der Waals surface area contributed by atoms with Gasteiger partial charge in [0.25, 0.3) is 5.91 Å². The Labute approximate surface area is 159 Å². The van der Waals surface area contributed by atoms with Crippen LogP contribution in [0.4, 0.5) is 0 Å². The normalized spacial score (nSPS) is 16.9. The summed E-state index contributed by atoms with van der Waals surface area (Å²) in [5, 5.41) is 1.24. The summed E-state index contributed by atoms with van der Waals surface area (Å²) in [5.74, 6) is 0.144. The molecule has 1 N–H and O–H groups in total. The molecule has 1 aliphatic heterocycles. The minimum absolute atomic E-state index is 0.144. The highest BCUT2D eigenvalue weighted by molar-refractivity contribution is 5.99. The SMILES string of the molecule is O=C(c1ccc2[nH]c3c(c2c1)CCCC3)N1CC=C(c2ccccc2)CC1. The molecule has 136 valence electrons. The second-order valence-corrected chi connectivity index (χ2v) is 7.65. The molecule has 3 nitrogen and oxygen atoms in total. The molecule has 0 atom stereocenters. The Bertz CT molecular complexity index is 1030. The van der Waals surface area contributed by atoms with Gasteiger partial charge < -0.3 is 9.88 Å². The molecule has 1 aliphatic carbocycles. The Balaban J connectivity index is 1.39. The maximum atomic E-state index is 13.1. The van der Waals surface area contributed by atoms with Crippen molar-refractivity contribution in [3.8, 4) is 0 Å². The number of hydrogen-bond donors (Lipinski definition) is 1. The maximum absolute atomic E-state index is 13.1. The second kappa shape index (κ2) is 6.73. The summed E-state index contributed by atoms with van der Waals surface area (Å²) in [5.41, 5.74) is 7.39. The van der Waals surface area contributed by atoms with Crippen LogP contribution < -0.4 is 0 Å².